The average molecular weight is 363 g/mol. The lowest BCUT2D eigenvalue weighted by Crippen LogP contribution is -2.34. The number of carbonyl (C=O) groups excluding carboxylic acids is 1. The summed E-state index contributed by atoms with van der Waals surface area (Å²) in [6, 6.07) is 17.9. The smallest absolute Gasteiger partial charge is 0.244 e. The van der Waals surface area contributed by atoms with E-state index in [4.69, 9.17) is 0 Å². The first-order chi connectivity index (χ1) is 13.1. The Balaban J connectivity index is 1.67. The van der Waals surface area contributed by atoms with Crippen LogP contribution < -0.4 is 5.32 Å². The average Bonchev–Trinajstić information content (AvgIpc) is 3.15. The first kappa shape index (κ1) is 18.8. The molecular weight excluding hydrogens is 338 g/mol. The molecule has 0 aliphatic carbocycles. The Morgan fingerprint density at radius 2 is 1.78 bits per heavy atom. The number of hydrogen-bond acceptors (Lipinski definition) is 4. The van der Waals surface area contributed by atoms with Gasteiger partial charge in [-0.25, -0.2) is 0 Å². The van der Waals surface area contributed by atoms with Gasteiger partial charge in [-0.1, -0.05) is 75.4 Å². The predicted molar refractivity (Wildman–Crippen MR) is 105 cm³/mol. The maximum absolute atomic E-state index is 12.5. The number of benzene rings is 2. The van der Waals surface area contributed by atoms with Gasteiger partial charge in [-0.05, 0) is 28.7 Å². The van der Waals surface area contributed by atoms with Gasteiger partial charge in [0.2, 0.25) is 11.7 Å². The molecule has 0 aliphatic rings. The van der Waals surface area contributed by atoms with Gasteiger partial charge in [-0.3, -0.25) is 4.79 Å². The van der Waals surface area contributed by atoms with Crippen molar-refractivity contribution in [1.82, 2.24) is 25.5 Å². The first-order valence-electron chi connectivity index (χ1n) is 9.28. The molecule has 6 heteroatoms. The van der Waals surface area contributed by atoms with Gasteiger partial charge in [-0.15, -0.1) is 10.2 Å². The van der Waals surface area contributed by atoms with Crippen molar-refractivity contribution in [1.29, 1.82) is 0 Å². The molecule has 0 saturated heterocycles. The largest absolute Gasteiger partial charge is 0.347 e. The third-order valence-corrected chi connectivity index (χ3v) is 4.50. The summed E-state index contributed by atoms with van der Waals surface area (Å²) in [6.45, 7) is 6.36. The van der Waals surface area contributed by atoms with E-state index in [0.717, 1.165) is 17.5 Å². The van der Waals surface area contributed by atoms with E-state index in [9.17, 15) is 4.79 Å². The topological polar surface area (TPSA) is 72.7 Å². The van der Waals surface area contributed by atoms with Crippen LogP contribution in [0.3, 0.4) is 0 Å². The molecule has 140 valence electrons. The molecule has 0 saturated carbocycles. The van der Waals surface area contributed by atoms with Crippen LogP contribution in [0.25, 0.3) is 11.4 Å². The first-order valence-corrected chi connectivity index (χ1v) is 9.28. The molecular formula is C21H25N5O. The normalized spacial score (nSPS) is 12.1. The van der Waals surface area contributed by atoms with E-state index < -0.39 is 0 Å². The second kappa shape index (κ2) is 8.58. The van der Waals surface area contributed by atoms with Gasteiger partial charge in [0.1, 0.15) is 6.54 Å². The van der Waals surface area contributed by atoms with Crippen LogP contribution in [0.4, 0.5) is 0 Å². The fraction of sp³-hybridized carbons (Fsp3) is 0.333. The van der Waals surface area contributed by atoms with Gasteiger partial charge in [-0.2, -0.15) is 4.80 Å². The van der Waals surface area contributed by atoms with E-state index in [-0.39, 0.29) is 24.4 Å². The summed E-state index contributed by atoms with van der Waals surface area (Å²) >= 11 is 0. The molecule has 2 aromatic carbocycles. The minimum atomic E-state index is -0.134. The number of nitrogens with one attached hydrogen (secondary N) is 1. The van der Waals surface area contributed by atoms with Gasteiger partial charge in [0.15, 0.2) is 0 Å². The van der Waals surface area contributed by atoms with Crippen LogP contribution in [-0.4, -0.2) is 26.1 Å². The number of nitrogens with zero attached hydrogens (tertiary/aromatic N) is 4. The van der Waals surface area contributed by atoms with E-state index in [2.05, 4.69) is 65.8 Å². The van der Waals surface area contributed by atoms with Gasteiger partial charge < -0.3 is 5.32 Å². The van der Waals surface area contributed by atoms with E-state index in [1.54, 1.807) is 0 Å². The van der Waals surface area contributed by atoms with Crippen molar-refractivity contribution in [3.63, 3.8) is 0 Å². The summed E-state index contributed by atoms with van der Waals surface area (Å²) in [6.07, 6.45) is 1.00. The Kier molecular flexibility index (Phi) is 5.96. The quantitative estimate of drug-likeness (QED) is 0.698. The van der Waals surface area contributed by atoms with Gasteiger partial charge in [0.25, 0.3) is 0 Å². The molecule has 1 aromatic heterocycles. The van der Waals surface area contributed by atoms with Gasteiger partial charge in [0, 0.05) is 5.56 Å². The van der Waals surface area contributed by atoms with Crippen LogP contribution in [0.5, 0.6) is 0 Å². The monoisotopic (exact) mass is 363 g/mol. The van der Waals surface area contributed by atoms with Crippen molar-refractivity contribution in [3.05, 3.63) is 65.7 Å². The zero-order valence-corrected chi connectivity index (χ0v) is 16.0. The summed E-state index contributed by atoms with van der Waals surface area (Å²) in [5.74, 6) is 0.647. The Bertz CT molecular complexity index is 871. The van der Waals surface area contributed by atoms with E-state index in [1.807, 2.05) is 30.3 Å². The molecule has 1 heterocycles. The van der Waals surface area contributed by atoms with E-state index in [0.29, 0.717) is 5.82 Å². The second-order valence-corrected chi connectivity index (χ2v) is 6.89. The Morgan fingerprint density at radius 1 is 1.07 bits per heavy atom. The highest BCUT2D eigenvalue weighted by Gasteiger charge is 2.19. The van der Waals surface area contributed by atoms with Crippen LogP contribution in [-0.2, 0) is 17.8 Å². The van der Waals surface area contributed by atoms with Crippen molar-refractivity contribution >= 4 is 5.91 Å². The molecule has 6 nitrogen and oxygen atoms in total. The summed E-state index contributed by atoms with van der Waals surface area (Å²) in [5.41, 5.74) is 3.26. The minimum absolute atomic E-state index is 0.0378. The van der Waals surface area contributed by atoms with Crippen LogP contribution >= 0.6 is 0 Å². The SMILES string of the molecule is CCc1ccc([C@H](NC(=O)Cn2nnc(-c3ccccc3)n2)C(C)C)cc1. The lowest BCUT2D eigenvalue weighted by molar-refractivity contribution is -0.123. The molecule has 27 heavy (non-hydrogen) atoms. The zero-order chi connectivity index (χ0) is 19.2. The number of carbonyl (C=O) groups is 1. The highest BCUT2D eigenvalue weighted by molar-refractivity contribution is 5.76. The summed E-state index contributed by atoms with van der Waals surface area (Å²) in [4.78, 5) is 13.9. The molecule has 0 spiro atoms. The fourth-order valence-electron chi connectivity index (χ4n) is 2.96. The van der Waals surface area contributed by atoms with Crippen molar-refractivity contribution in [2.45, 2.75) is 39.8 Å². The van der Waals surface area contributed by atoms with Crippen molar-refractivity contribution in [2.75, 3.05) is 0 Å². The summed E-state index contributed by atoms with van der Waals surface area (Å²) in [7, 11) is 0. The molecule has 1 amide bonds. The maximum Gasteiger partial charge on any atom is 0.244 e. The molecule has 3 rings (SSSR count). The molecule has 1 N–H and O–H groups in total. The Hall–Kier alpha value is -3.02. The van der Waals surface area contributed by atoms with Gasteiger partial charge >= 0.3 is 0 Å². The molecule has 0 bridgehead atoms. The van der Waals surface area contributed by atoms with E-state index in [1.165, 1.54) is 10.4 Å². The highest BCUT2D eigenvalue weighted by atomic mass is 16.2. The number of aromatic nitrogens is 4. The van der Waals surface area contributed by atoms with Crippen LogP contribution in [0.2, 0.25) is 0 Å². The second-order valence-electron chi connectivity index (χ2n) is 6.89. The van der Waals surface area contributed by atoms with Gasteiger partial charge in [0.05, 0.1) is 6.04 Å². The Labute approximate surface area is 159 Å². The zero-order valence-electron chi connectivity index (χ0n) is 16.0. The van der Waals surface area contributed by atoms with Crippen LogP contribution in [0, 0.1) is 5.92 Å². The standard InChI is InChI=1S/C21H25N5O/c1-4-16-10-12-17(13-11-16)20(15(2)3)22-19(27)14-26-24-21(23-25-26)18-8-6-5-7-9-18/h5-13,15,20H,4,14H2,1-3H3,(H,22,27)/t20-/m1/s1. The number of tetrazole rings is 1. The predicted octanol–water partition coefficient (Wildman–Crippen LogP) is 3.42. The van der Waals surface area contributed by atoms with Crippen LogP contribution in [0.15, 0.2) is 54.6 Å². The summed E-state index contributed by atoms with van der Waals surface area (Å²) < 4.78 is 0. The van der Waals surface area contributed by atoms with Crippen molar-refractivity contribution in [3.8, 4) is 11.4 Å². The van der Waals surface area contributed by atoms with Crippen molar-refractivity contribution in [2.24, 2.45) is 5.92 Å². The molecule has 0 fully saturated rings. The number of amides is 1. The molecule has 1 atom stereocenters. The molecule has 0 unspecified atom stereocenters. The van der Waals surface area contributed by atoms with Crippen molar-refractivity contribution < 1.29 is 4.79 Å². The van der Waals surface area contributed by atoms with E-state index >= 15 is 0 Å². The lowest BCUT2D eigenvalue weighted by Gasteiger charge is -2.23. The molecule has 0 radical (unpaired) electrons. The maximum atomic E-state index is 12.5. The molecule has 0 aliphatic heterocycles. The van der Waals surface area contributed by atoms with Crippen LogP contribution in [0.1, 0.15) is 37.9 Å². The lowest BCUT2D eigenvalue weighted by atomic mass is 9.95. The third-order valence-electron chi connectivity index (χ3n) is 4.50. The molecule has 3 aromatic rings. The highest BCUT2D eigenvalue weighted by Crippen LogP contribution is 2.22. The number of hydrogen-bond donors (Lipinski definition) is 1. The number of aryl methyl sites for hydroxylation is 1. The Morgan fingerprint density at radius 3 is 2.41 bits per heavy atom. The summed E-state index contributed by atoms with van der Waals surface area (Å²) in [5, 5.41) is 15.4. The third kappa shape index (κ3) is 4.78. The minimum Gasteiger partial charge on any atom is -0.347 e. The fourth-order valence-corrected chi connectivity index (χ4v) is 2.96. The number of rotatable bonds is 7.